The van der Waals surface area contributed by atoms with Crippen LogP contribution < -0.4 is 10.6 Å². The lowest BCUT2D eigenvalue weighted by Gasteiger charge is -2.13. The van der Waals surface area contributed by atoms with E-state index < -0.39 is 17.9 Å². The van der Waals surface area contributed by atoms with Crippen LogP contribution in [0.2, 0.25) is 0 Å². The zero-order valence-electron chi connectivity index (χ0n) is 13.7. The van der Waals surface area contributed by atoms with Gasteiger partial charge in [-0.25, -0.2) is 9.78 Å². The molecule has 2 amide bonds. The van der Waals surface area contributed by atoms with E-state index >= 15 is 0 Å². The van der Waals surface area contributed by atoms with Crippen LogP contribution in [0.5, 0.6) is 0 Å². The lowest BCUT2D eigenvalue weighted by molar-refractivity contribution is -0.142. The van der Waals surface area contributed by atoms with Crippen LogP contribution in [0, 0.1) is 0 Å². The Balaban J connectivity index is 1.88. The number of aromatic nitrogens is 1. The number of rotatable bonds is 9. The lowest BCUT2D eigenvalue weighted by Crippen LogP contribution is -2.41. The molecule has 9 heteroatoms. The maximum Gasteiger partial charge on any atom is 0.326 e. The molecule has 0 bridgehead atoms. The summed E-state index contributed by atoms with van der Waals surface area (Å²) in [6, 6.07) is 2.61. The molecule has 1 atom stereocenters. The van der Waals surface area contributed by atoms with Crippen LogP contribution in [0.25, 0.3) is 0 Å². The highest BCUT2D eigenvalue weighted by molar-refractivity contribution is 7.14. The molecule has 0 aromatic carbocycles. The Kier molecular flexibility index (Phi) is 7.08. The number of carbonyl (C=O) groups excluding carboxylic acids is 2. The zero-order chi connectivity index (χ0) is 18.2. The number of hydrogen-bond acceptors (Lipinski definition) is 6. The predicted octanol–water partition coefficient (Wildman–Crippen LogP) is 2.76. The van der Waals surface area contributed by atoms with Gasteiger partial charge in [-0.05, 0) is 17.9 Å². The third-order valence-corrected chi connectivity index (χ3v) is 5.01. The van der Waals surface area contributed by atoms with Gasteiger partial charge in [0.25, 0.3) is 5.91 Å². The topological polar surface area (TPSA) is 108 Å². The van der Waals surface area contributed by atoms with Gasteiger partial charge in [-0.2, -0.15) is 0 Å². The Bertz CT molecular complexity index is 728. The average molecular weight is 381 g/mol. The molecule has 2 heterocycles. The molecule has 2 aromatic heterocycles. The number of hydrogen-bond donors (Lipinski definition) is 3. The molecule has 0 aliphatic carbocycles. The number of thiophene rings is 1. The Morgan fingerprint density at radius 3 is 2.76 bits per heavy atom. The van der Waals surface area contributed by atoms with E-state index in [1.54, 1.807) is 17.5 Å². The number of carbonyl (C=O) groups is 3. The summed E-state index contributed by atoms with van der Waals surface area (Å²) in [6.45, 7) is 1.96. The first-order chi connectivity index (χ1) is 12.0. The van der Waals surface area contributed by atoms with Crippen molar-refractivity contribution < 1.29 is 19.5 Å². The van der Waals surface area contributed by atoms with Crippen LogP contribution in [0.3, 0.4) is 0 Å². The molecular weight excluding hydrogens is 362 g/mol. The number of carboxylic acid groups (broad SMARTS) is 1. The van der Waals surface area contributed by atoms with Gasteiger partial charge in [0, 0.05) is 5.38 Å². The molecule has 0 aliphatic heterocycles. The quantitative estimate of drug-likeness (QED) is 0.619. The van der Waals surface area contributed by atoms with Crippen molar-refractivity contribution in [3.05, 3.63) is 33.5 Å². The number of aliphatic carboxylic acids is 1. The average Bonchev–Trinajstić information content (AvgIpc) is 3.23. The summed E-state index contributed by atoms with van der Waals surface area (Å²) in [6.07, 6.45) is 1.96. The van der Waals surface area contributed by atoms with Crippen LogP contribution >= 0.6 is 22.7 Å². The monoisotopic (exact) mass is 381 g/mol. The summed E-state index contributed by atoms with van der Waals surface area (Å²) in [4.78, 5) is 39.9. The summed E-state index contributed by atoms with van der Waals surface area (Å²) in [7, 11) is 0. The molecule has 0 spiro atoms. The molecule has 7 nitrogen and oxygen atoms in total. The Hall–Kier alpha value is -2.26. The second kappa shape index (κ2) is 9.28. The molecule has 0 radical (unpaired) electrons. The third-order valence-electron chi connectivity index (χ3n) is 3.34. The van der Waals surface area contributed by atoms with Crippen LogP contribution in [0.1, 0.15) is 41.6 Å². The van der Waals surface area contributed by atoms with Crippen LogP contribution in [-0.4, -0.2) is 33.9 Å². The number of amides is 2. The lowest BCUT2D eigenvalue weighted by atomic mass is 10.1. The smallest absolute Gasteiger partial charge is 0.326 e. The number of nitrogens with zero attached hydrogens (tertiary/aromatic N) is 1. The molecule has 2 aromatic rings. The standard InChI is InChI=1S/C16H19N3O4S2/c1-2-3-5-11(15(22)23)18-13(20)8-10-9-25-16(17-10)19-14(21)12-6-4-7-24-12/h4,6-7,9,11H,2-3,5,8H2,1H3,(H,18,20)(H,22,23)(H,17,19,21)/t11-/m0/s1. The van der Waals surface area contributed by atoms with Crippen molar-refractivity contribution in [1.82, 2.24) is 10.3 Å². The van der Waals surface area contributed by atoms with Gasteiger partial charge in [0.05, 0.1) is 17.0 Å². The van der Waals surface area contributed by atoms with E-state index in [1.807, 2.05) is 12.3 Å². The molecular formula is C16H19N3O4S2. The van der Waals surface area contributed by atoms with Crippen molar-refractivity contribution in [3.8, 4) is 0 Å². The van der Waals surface area contributed by atoms with Gasteiger partial charge in [-0.3, -0.25) is 14.9 Å². The van der Waals surface area contributed by atoms with E-state index in [1.165, 1.54) is 22.7 Å². The number of nitrogens with one attached hydrogen (secondary N) is 2. The van der Waals surface area contributed by atoms with Crippen molar-refractivity contribution in [1.29, 1.82) is 0 Å². The highest BCUT2D eigenvalue weighted by Crippen LogP contribution is 2.18. The summed E-state index contributed by atoms with van der Waals surface area (Å²) in [5.74, 6) is -1.68. The first-order valence-corrected chi connectivity index (χ1v) is 9.57. The van der Waals surface area contributed by atoms with Crippen LogP contribution in [0.15, 0.2) is 22.9 Å². The fraction of sp³-hybridized carbons (Fsp3) is 0.375. The van der Waals surface area contributed by atoms with E-state index in [9.17, 15) is 14.4 Å². The fourth-order valence-corrected chi connectivity index (χ4v) is 3.41. The molecule has 0 fully saturated rings. The molecule has 3 N–H and O–H groups in total. The minimum Gasteiger partial charge on any atom is -0.480 e. The predicted molar refractivity (Wildman–Crippen MR) is 97.2 cm³/mol. The maximum atomic E-state index is 12.0. The number of thiazole rings is 1. The summed E-state index contributed by atoms with van der Waals surface area (Å²) in [5.41, 5.74) is 0.489. The molecule has 0 saturated carbocycles. The second-order valence-corrected chi connectivity index (χ2v) is 7.16. The Morgan fingerprint density at radius 1 is 1.32 bits per heavy atom. The van der Waals surface area contributed by atoms with Gasteiger partial charge >= 0.3 is 5.97 Å². The number of unbranched alkanes of at least 4 members (excludes halogenated alkanes) is 1. The van der Waals surface area contributed by atoms with Gasteiger partial charge in [0.15, 0.2) is 5.13 Å². The normalized spacial score (nSPS) is 11.7. The second-order valence-electron chi connectivity index (χ2n) is 5.35. The highest BCUT2D eigenvalue weighted by Gasteiger charge is 2.20. The third kappa shape index (κ3) is 5.95. The minimum atomic E-state index is -1.04. The number of carboxylic acids is 1. The molecule has 134 valence electrons. The molecule has 0 unspecified atom stereocenters. The molecule has 0 aliphatic rings. The molecule has 0 saturated heterocycles. The summed E-state index contributed by atoms with van der Waals surface area (Å²) in [5, 5.41) is 18.2. The van der Waals surface area contributed by atoms with Gasteiger partial charge in [0.1, 0.15) is 6.04 Å². The van der Waals surface area contributed by atoms with Crippen molar-refractivity contribution in [2.24, 2.45) is 0 Å². The summed E-state index contributed by atoms with van der Waals surface area (Å²) >= 11 is 2.55. The van der Waals surface area contributed by atoms with Crippen molar-refractivity contribution >= 4 is 45.6 Å². The van der Waals surface area contributed by atoms with E-state index in [0.717, 1.165) is 12.8 Å². The fourth-order valence-electron chi connectivity index (χ4n) is 2.09. The molecule has 2 rings (SSSR count). The van der Waals surface area contributed by atoms with E-state index in [-0.39, 0.29) is 12.3 Å². The Morgan fingerprint density at radius 2 is 2.12 bits per heavy atom. The van der Waals surface area contributed by atoms with Gasteiger partial charge < -0.3 is 10.4 Å². The van der Waals surface area contributed by atoms with Gasteiger partial charge in [-0.1, -0.05) is 25.8 Å². The summed E-state index contributed by atoms with van der Waals surface area (Å²) < 4.78 is 0. The van der Waals surface area contributed by atoms with Crippen LogP contribution in [-0.2, 0) is 16.0 Å². The zero-order valence-corrected chi connectivity index (χ0v) is 15.3. The van der Waals surface area contributed by atoms with Gasteiger partial charge in [0.2, 0.25) is 5.91 Å². The van der Waals surface area contributed by atoms with E-state index in [2.05, 4.69) is 15.6 Å². The molecule has 25 heavy (non-hydrogen) atoms. The highest BCUT2D eigenvalue weighted by atomic mass is 32.1. The van der Waals surface area contributed by atoms with Crippen molar-refractivity contribution in [2.75, 3.05) is 5.32 Å². The first-order valence-electron chi connectivity index (χ1n) is 7.81. The largest absolute Gasteiger partial charge is 0.480 e. The van der Waals surface area contributed by atoms with Gasteiger partial charge in [-0.15, -0.1) is 22.7 Å². The van der Waals surface area contributed by atoms with Crippen molar-refractivity contribution in [2.45, 2.75) is 38.6 Å². The van der Waals surface area contributed by atoms with E-state index in [4.69, 9.17) is 5.11 Å². The number of anilines is 1. The Labute approximate surface area is 153 Å². The minimum absolute atomic E-state index is 0.0265. The first kappa shape index (κ1) is 19.1. The SMILES string of the molecule is CCCC[C@H](NC(=O)Cc1csc(NC(=O)c2cccs2)n1)C(=O)O. The van der Waals surface area contributed by atoms with Crippen molar-refractivity contribution in [3.63, 3.8) is 0 Å². The maximum absolute atomic E-state index is 12.0. The van der Waals surface area contributed by atoms with Crippen LogP contribution in [0.4, 0.5) is 5.13 Å². The van der Waals surface area contributed by atoms with E-state index in [0.29, 0.717) is 22.1 Å².